The molecule has 0 aliphatic heterocycles. The van der Waals surface area contributed by atoms with Crippen molar-refractivity contribution in [2.24, 2.45) is 0 Å². The first kappa shape index (κ1) is 15.4. The summed E-state index contributed by atoms with van der Waals surface area (Å²) in [4.78, 5) is 23.4. The highest BCUT2D eigenvalue weighted by atomic mass is 35.5. The van der Waals surface area contributed by atoms with E-state index in [-0.39, 0.29) is 16.3 Å². The van der Waals surface area contributed by atoms with E-state index in [0.29, 0.717) is 10.6 Å². The van der Waals surface area contributed by atoms with E-state index in [2.05, 4.69) is 5.32 Å². The van der Waals surface area contributed by atoms with Crippen molar-refractivity contribution in [1.82, 2.24) is 0 Å². The Balaban J connectivity index is 2.36. The number of hydrogen-bond donors (Lipinski definition) is 2. The number of nitrogens with one attached hydrogen (secondary N) is 1. The number of benzene rings is 2. The van der Waals surface area contributed by atoms with Crippen LogP contribution in [0.15, 0.2) is 36.4 Å². The fourth-order valence-corrected chi connectivity index (χ4v) is 2.45. The summed E-state index contributed by atoms with van der Waals surface area (Å²) in [5.41, 5.74) is 1.16. The van der Waals surface area contributed by atoms with Gasteiger partial charge in [-0.2, -0.15) is 0 Å². The fourth-order valence-electron chi connectivity index (χ4n) is 1.91. The molecule has 0 radical (unpaired) electrons. The molecule has 0 unspecified atom stereocenters. The summed E-state index contributed by atoms with van der Waals surface area (Å²) in [6, 6.07) is 9.38. The number of anilines is 1. The number of carbonyl (C=O) groups excluding carboxylic acids is 1. The molecule has 4 nitrogen and oxygen atoms in total. The molecule has 1 amide bonds. The third-order valence-corrected chi connectivity index (χ3v) is 3.31. The second-order valence-electron chi connectivity index (χ2n) is 4.44. The number of amides is 1. The Morgan fingerprint density at radius 1 is 1.14 bits per heavy atom. The summed E-state index contributed by atoms with van der Waals surface area (Å²) in [7, 11) is 0. The van der Waals surface area contributed by atoms with Crippen molar-refractivity contribution in [2.45, 2.75) is 6.92 Å². The molecule has 0 fully saturated rings. The van der Waals surface area contributed by atoms with Gasteiger partial charge in [-0.05, 0) is 42.8 Å². The van der Waals surface area contributed by atoms with Crippen LogP contribution < -0.4 is 5.32 Å². The maximum atomic E-state index is 12.2. The molecule has 0 aliphatic rings. The minimum atomic E-state index is -1.21. The third-order valence-electron chi connectivity index (χ3n) is 2.78. The van der Waals surface area contributed by atoms with Crippen LogP contribution in [0, 0.1) is 6.92 Å². The Labute approximate surface area is 131 Å². The van der Waals surface area contributed by atoms with E-state index in [0.717, 1.165) is 5.56 Å². The molecular weight excluding hydrogens is 313 g/mol. The summed E-state index contributed by atoms with van der Waals surface area (Å²) < 4.78 is 0. The maximum Gasteiger partial charge on any atom is 0.339 e. The van der Waals surface area contributed by atoms with Crippen molar-refractivity contribution in [3.05, 3.63) is 63.1 Å². The van der Waals surface area contributed by atoms with E-state index in [1.165, 1.54) is 18.2 Å². The molecule has 0 heterocycles. The normalized spacial score (nSPS) is 10.2. The van der Waals surface area contributed by atoms with Crippen molar-refractivity contribution in [3.63, 3.8) is 0 Å². The van der Waals surface area contributed by atoms with Gasteiger partial charge in [0.15, 0.2) is 0 Å². The molecule has 0 saturated heterocycles. The van der Waals surface area contributed by atoms with Crippen LogP contribution >= 0.6 is 23.2 Å². The minimum Gasteiger partial charge on any atom is -0.478 e. The standard InChI is InChI=1S/C15H11Cl2NO3/c1-8-5-9(7-10(16)6-8)14(19)18-12-4-2-3-11(17)13(12)15(20)21/h2-7H,1H3,(H,18,19)(H,20,21). The van der Waals surface area contributed by atoms with Gasteiger partial charge < -0.3 is 10.4 Å². The molecule has 0 atom stereocenters. The lowest BCUT2D eigenvalue weighted by Gasteiger charge is -2.10. The van der Waals surface area contributed by atoms with Gasteiger partial charge in [-0.3, -0.25) is 4.79 Å². The lowest BCUT2D eigenvalue weighted by Crippen LogP contribution is -2.15. The molecule has 6 heteroatoms. The van der Waals surface area contributed by atoms with Gasteiger partial charge in [0.05, 0.1) is 10.7 Å². The Bertz CT molecular complexity index is 709. The second-order valence-corrected chi connectivity index (χ2v) is 5.28. The Morgan fingerprint density at radius 2 is 1.86 bits per heavy atom. The molecule has 0 spiro atoms. The molecular formula is C15H11Cl2NO3. The van der Waals surface area contributed by atoms with E-state index in [9.17, 15) is 9.59 Å². The van der Waals surface area contributed by atoms with Crippen LogP contribution in [0.2, 0.25) is 10.0 Å². The first-order valence-electron chi connectivity index (χ1n) is 5.99. The van der Waals surface area contributed by atoms with E-state index in [1.807, 2.05) is 6.92 Å². The monoisotopic (exact) mass is 323 g/mol. The van der Waals surface area contributed by atoms with E-state index in [1.54, 1.807) is 18.2 Å². The lowest BCUT2D eigenvalue weighted by atomic mass is 10.1. The van der Waals surface area contributed by atoms with Crippen molar-refractivity contribution in [2.75, 3.05) is 5.32 Å². The van der Waals surface area contributed by atoms with Gasteiger partial charge in [0.2, 0.25) is 0 Å². The van der Waals surface area contributed by atoms with Crippen molar-refractivity contribution < 1.29 is 14.7 Å². The number of carboxylic acid groups (broad SMARTS) is 1. The summed E-state index contributed by atoms with van der Waals surface area (Å²) in [5, 5.41) is 12.2. The number of hydrogen-bond acceptors (Lipinski definition) is 2. The molecule has 2 rings (SSSR count). The average molecular weight is 324 g/mol. The first-order chi connectivity index (χ1) is 9.88. The zero-order chi connectivity index (χ0) is 15.6. The summed E-state index contributed by atoms with van der Waals surface area (Å²) in [5.74, 6) is -1.66. The topological polar surface area (TPSA) is 66.4 Å². The molecule has 0 aliphatic carbocycles. The minimum absolute atomic E-state index is 0.0579. The summed E-state index contributed by atoms with van der Waals surface area (Å²) in [6.45, 7) is 1.81. The molecule has 0 saturated carbocycles. The van der Waals surface area contributed by atoms with Gasteiger partial charge in [0.1, 0.15) is 5.56 Å². The second kappa shape index (κ2) is 6.16. The molecule has 21 heavy (non-hydrogen) atoms. The van der Waals surface area contributed by atoms with Gasteiger partial charge in [0.25, 0.3) is 5.91 Å². The smallest absolute Gasteiger partial charge is 0.339 e. The molecule has 0 aromatic heterocycles. The summed E-state index contributed by atoms with van der Waals surface area (Å²) >= 11 is 11.8. The van der Waals surface area contributed by atoms with Crippen LogP contribution in [0.4, 0.5) is 5.69 Å². The molecule has 2 aromatic carbocycles. The van der Waals surface area contributed by atoms with E-state index >= 15 is 0 Å². The van der Waals surface area contributed by atoms with Crippen molar-refractivity contribution in [3.8, 4) is 0 Å². The maximum absolute atomic E-state index is 12.2. The van der Waals surface area contributed by atoms with Crippen molar-refractivity contribution in [1.29, 1.82) is 0 Å². The van der Waals surface area contributed by atoms with Crippen LogP contribution in [-0.4, -0.2) is 17.0 Å². The quantitative estimate of drug-likeness (QED) is 0.887. The van der Waals surface area contributed by atoms with Gasteiger partial charge in [-0.15, -0.1) is 0 Å². The van der Waals surface area contributed by atoms with Gasteiger partial charge in [0, 0.05) is 10.6 Å². The highest BCUT2D eigenvalue weighted by molar-refractivity contribution is 6.34. The van der Waals surface area contributed by atoms with E-state index in [4.69, 9.17) is 28.3 Å². The van der Waals surface area contributed by atoms with Crippen molar-refractivity contribution >= 4 is 40.8 Å². The lowest BCUT2D eigenvalue weighted by molar-refractivity contribution is 0.0698. The van der Waals surface area contributed by atoms with Crippen LogP contribution in [-0.2, 0) is 0 Å². The highest BCUT2D eigenvalue weighted by Gasteiger charge is 2.17. The molecule has 2 N–H and O–H groups in total. The van der Waals surface area contributed by atoms with E-state index < -0.39 is 11.9 Å². The predicted molar refractivity (Wildman–Crippen MR) is 82.6 cm³/mol. The highest BCUT2D eigenvalue weighted by Crippen LogP contribution is 2.25. The fraction of sp³-hybridized carbons (Fsp3) is 0.0667. The largest absolute Gasteiger partial charge is 0.478 e. The molecule has 2 aromatic rings. The van der Waals surface area contributed by atoms with Crippen LogP contribution in [0.1, 0.15) is 26.3 Å². The van der Waals surface area contributed by atoms with Gasteiger partial charge in [-0.1, -0.05) is 29.3 Å². The van der Waals surface area contributed by atoms with Gasteiger partial charge in [-0.25, -0.2) is 4.79 Å². The number of halogens is 2. The number of carboxylic acids is 1. The molecule has 0 bridgehead atoms. The number of aromatic carboxylic acids is 1. The Hall–Kier alpha value is -2.04. The third kappa shape index (κ3) is 3.54. The van der Waals surface area contributed by atoms with Crippen LogP contribution in [0.5, 0.6) is 0 Å². The number of aryl methyl sites for hydroxylation is 1. The number of rotatable bonds is 3. The average Bonchev–Trinajstić information content (AvgIpc) is 2.37. The van der Waals surface area contributed by atoms with Crippen LogP contribution in [0.3, 0.4) is 0 Å². The number of carbonyl (C=O) groups is 2. The Morgan fingerprint density at radius 3 is 2.48 bits per heavy atom. The molecule has 108 valence electrons. The first-order valence-corrected chi connectivity index (χ1v) is 6.74. The Kier molecular flexibility index (Phi) is 4.50. The SMILES string of the molecule is Cc1cc(Cl)cc(C(=O)Nc2cccc(Cl)c2C(=O)O)c1. The summed E-state index contributed by atoms with van der Waals surface area (Å²) in [6.07, 6.45) is 0. The zero-order valence-corrected chi connectivity index (χ0v) is 12.5. The predicted octanol–water partition coefficient (Wildman–Crippen LogP) is 4.25. The van der Waals surface area contributed by atoms with Crippen LogP contribution in [0.25, 0.3) is 0 Å². The zero-order valence-electron chi connectivity index (χ0n) is 11.0. The van der Waals surface area contributed by atoms with Gasteiger partial charge >= 0.3 is 5.97 Å².